The van der Waals surface area contributed by atoms with Crippen molar-refractivity contribution in [2.75, 3.05) is 6.61 Å². The van der Waals surface area contributed by atoms with Crippen LogP contribution in [0.4, 0.5) is 0 Å². The summed E-state index contributed by atoms with van der Waals surface area (Å²) in [5.41, 5.74) is 0. The Morgan fingerprint density at radius 2 is 2.23 bits per heavy atom. The van der Waals surface area contributed by atoms with Crippen LogP contribution >= 0.6 is 0 Å². The van der Waals surface area contributed by atoms with Gasteiger partial charge in [0.2, 0.25) is 0 Å². The fourth-order valence-electron chi connectivity index (χ4n) is 1.55. The van der Waals surface area contributed by atoms with E-state index in [-0.39, 0.29) is 18.9 Å². The van der Waals surface area contributed by atoms with Gasteiger partial charge in [0.15, 0.2) is 6.10 Å². The third-order valence-electron chi connectivity index (χ3n) is 2.42. The third kappa shape index (κ3) is 2.18. The second-order valence-corrected chi connectivity index (χ2v) is 3.32. The number of aliphatic carboxylic acids is 1. The molecule has 1 rings (SSSR count). The highest BCUT2D eigenvalue weighted by Crippen LogP contribution is 2.25. The average Bonchev–Trinajstić information content (AvgIpc) is 2.03. The van der Waals surface area contributed by atoms with Crippen LogP contribution in [0.3, 0.4) is 0 Å². The summed E-state index contributed by atoms with van der Waals surface area (Å²) in [6.07, 6.45) is -2.12. The quantitative estimate of drug-likeness (QED) is 0.531. The van der Waals surface area contributed by atoms with E-state index in [9.17, 15) is 9.90 Å². The number of ether oxygens (including phenoxy) is 1. The van der Waals surface area contributed by atoms with Crippen LogP contribution < -0.4 is 0 Å². The molecule has 5 nitrogen and oxygen atoms in total. The molecule has 13 heavy (non-hydrogen) atoms. The molecular weight excluding hydrogens is 176 g/mol. The monoisotopic (exact) mass is 190 g/mol. The Balaban J connectivity index is 2.61. The van der Waals surface area contributed by atoms with E-state index in [0.717, 1.165) is 0 Å². The van der Waals surface area contributed by atoms with Crippen LogP contribution in [0, 0.1) is 5.92 Å². The second-order valence-electron chi connectivity index (χ2n) is 3.32. The first-order valence-corrected chi connectivity index (χ1v) is 4.23. The molecule has 5 heteroatoms. The highest BCUT2D eigenvalue weighted by atomic mass is 16.5. The summed E-state index contributed by atoms with van der Waals surface area (Å²) in [7, 11) is 0. The van der Waals surface area contributed by atoms with Gasteiger partial charge in [0.05, 0.1) is 18.8 Å². The van der Waals surface area contributed by atoms with Crippen LogP contribution in [0.1, 0.15) is 13.3 Å². The van der Waals surface area contributed by atoms with Crippen LogP contribution in [-0.2, 0) is 9.53 Å². The van der Waals surface area contributed by atoms with E-state index < -0.39 is 24.3 Å². The number of aliphatic hydroxyl groups is 2. The van der Waals surface area contributed by atoms with Crippen LogP contribution in [0.25, 0.3) is 0 Å². The standard InChI is InChI=1S/C8H14O5/c1-4-5(3-9)6(10)2-7(13-4)8(11)12/h4-7,9-10H,2-3H2,1H3,(H,11,12)/t4?,5?,6-,7-/m0/s1. The Kier molecular flexibility index (Phi) is 3.24. The highest BCUT2D eigenvalue weighted by Gasteiger charge is 2.37. The minimum atomic E-state index is -1.07. The Hall–Kier alpha value is -0.650. The van der Waals surface area contributed by atoms with Gasteiger partial charge < -0.3 is 20.1 Å². The second kappa shape index (κ2) is 4.04. The molecule has 3 N–H and O–H groups in total. The summed E-state index contributed by atoms with van der Waals surface area (Å²) < 4.78 is 5.10. The van der Waals surface area contributed by atoms with Gasteiger partial charge in [-0.15, -0.1) is 0 Å². The summed E-state index contributed by atoms with van der Waals surface area (Å²) in [5.74, 6) is -1.45. The lowest BCUT2D eigenvalue weighted by molar-refractivity contribution is -0.177. The van der Waals surface area contributed by atoms with Crippen LogP contribution in [0.15, 0.2) is 0 Å². The highest BCUT2D eigenvalue weighted by molar-refractivity contribution is 5.72. The number of aliphatic hydroxyl groups excluding tert-OH is 2. The summed E-state index contributed by atoms with van der Waals surface area (Å²) in [6.45, 7) is 1.47. The van der Waals surface area contributed by atoms with Crippen molar-refractivity contribution in [1.82, 2.24) is 0 Å². The van der Waals surface area contributed by atoms with Crippen LogP contribution in [-0.4, -0.2) is 46.2 Å². The molecule has 0 aromatic rings. The molecule has 1 aliphatic heterocycles. The normalized spacial score (nSPS) is 40.2. The van der Waals surface area contributed by atoms with Gasteiger partial charge in [-0.3, -0.25) is 0 Å². The number of rotatable bonds is 2. The fourth-order valence-corrected chi connectivity index (χ4v) is 1.55. The average molecular weight is 190 g/mol. The Bertz CT molecular complexity index is 181. The van der Waals surface area contributed by atoms with Crippen molar-refractivity contribution in [2.24, 2.45) is 5.92 Å². The van der Waals surface area contributed by atoms with Gasteiger partial charge in [0, 0.05) is 12.3 Å². The lowest BCUT2D eigenvalue weighted by atomic mass is 9.90. The SMILES string of the molecule is CC1O[C@H](C(=O)O)C[C@H](O)C1CO. The maximum Gasteiger partial charge on any atom is 0.332 e. The van der Waals surface area contributed by atoms with E-state index in [0.29, 0.717) is 0 Å². The molecule has 0 bridgehead atoms. The van der Waals surface area contributed by atoms with E-state index in [1.165, 1.54) is 0 Å². The summed E-state index contributed by atoms with van der Waals surface area (Å²) >= 11 is 0. The van der Waals surface area contributed by atoms with Gasteiger partial charge in [-0.05, 0) is 6.92 Å². The molecule has 0 aromatic carbocycles. The molecule has 0 aromatic heterocycles. The van der Waals surface area contributed by atoms with Crippen molar-refractivity contribution in [3.63, 3.8) is 0 Å². The van der Waals surface area contributed by atoms with E-state index in [4.69, 9.17) is 14.9 Å². The number of hydrogen-bond donors (Lipinski definition) is 3. The third-order valence-corrected chi connectivity index (χ3v) is 2.42. The Morgan fingerprint density at radius 1 is 1.62 bits per heavy atom. The molecule has 0 saturated carbocycles. The lowest BCUT2D eigenvalue weighted by Crippen LogP contribution is -2.47. The van der Waals surface area contributed by atoms with Gasteiger partial charge in [-0.1, -0.05) is 0 Å². The zero-order valence-electron chi connectivity index (χ0n) is 7.38. The molecule has 0 amide bonds. The summed E-state index contributed by atoms with van der Waals surface area (Å²) in [6, 6.07) is 0. The molecule has 1 heterocycles. The first-order valence-electron chi connectivity index (χ1n) is 4.23. The van der Waals surface area contributed by atoms with E-state index in [1.54, 1.807) is 6.92 Å². The first kappa shape index (κ1) is 10.4. The van der Waals surface area contributed by atoms with Crippen molar-refractivity contribution in [3.05, 3.63) is 0 Å². The van der Waals surface area contributed by atoms with Gasteiger partial charge in [-0.25, -0.2) is 4.79 Å². The predicted octanol–water partition coefficient (Wildman–Crippen LogP) is -0.782. The molecule has 1 aliphatic rings. The van der Waals surface area contributed by atoms with Gasteiger partial charge in [0.1, 0.15) is 0 Å². The molecule has 0 aliphatic carbocycles. The summed E-state index contributed by atoms with van der Waals surface area (Å²) in [5, 5.41) is 27.0. The van der Waals surface area contributed by atoms with Crippen molar-refractivity contribution >= 4 is 5.97 Å². The first-order chi connectivity index (χ1) is 6.06. The zero-order valence-corrected chi connectivity index (χ0v) is 7.38. The maximum atomic E-state index is 10.5. The van der Waals surface area contributed by atoms with Gasteiger partial charge >= 0.3 is 5.97 Å². The molecule has 1 fully saturated rings. The minimum Gasteiger partial charge on any atom is -0.479 e. The molecule has 0 spiro atoms. The largest absolute Gasteiger partial charge is 0.479 e. The topological polar surface area (TPSA) is 87.0 Å². The lowest BCUT2D eigenvalue weighted by Gasteiger charge is -2.35. The van der Waals surface area contributed by atoms with Crippen LogP contribution in [0.2, 0.25) is 0 Å². The molecular formula is C8H14O5. The summed E-state index contributed by atoms with van der Waals surface area (Å²) in [4.78, 5) is 10.5. The molecule has 0 radical (unpaired) electrons. The number of carboxylic acid groups (broad SMARTS) is 1. The molecule has 4 atom stereocenters. The maximum absolute atomic E-state index is 10.5. The van der Waals surface area contributed by atoms with E-state index in [1.807, 2.05) is 0 Å². The van der Waals surface area contributed by atoms with Crippen molar-refractivity contribution < 1.29 is 24.9 Å². The Labute approximate surface area is 75.9 Å². The predicted molar refractivity (Wildman–Crippen MR) is 43.2 cm³/mol. The van der Waals surface area contributed by atoms with E-state index >= 15 is 0 Å². The smallest absolute Gasteiger partial charge is 0.332 e. The van der Waals surface area contributed by atoms with Crippen molar-refractivity contribution in [2.45, 2.75) is 31.7 Å². The van der Waals surface area contributed by atoms with E-state index in [2.05, 4.69) is 0 Å². The van der Waals surface area contributed by atoms with Crippen molar-refractivity contribution in [3.8, 4) is 0 Å². The molecule has 2 unspecified atom stereocenters. The fraction of sp³-hybridized carbons (Fsp3) is 0.875. The van der Waals surface area contributed by atoms with Gasteiger partial charge in [-0.2, -0.15) is 0 Å². The van der Waals surface area contributed by atoms with Crippen molar-refractivity contribution in [1.29, 1.82) is 0 Å². The molecule has 1 saturated heterocycles. The van der Waals surface area contributed by atoms with Crippen LogP contribution in [0.5, 0.6) is 0 Å². The molecule has 76 valence electrons. The number of hydrogen-bond acceptors (Lipinski definition) is 4. The minimum absolute atomic E-state index is 0.0465. The zero-order chi connectivity index (χ0) is 10.0. The van der Waals surface area contributed by atoms with Gasteiger partial charge in [0.25, 0.3) is 0 Å². The number of carbonyl (C=O) groups is 1. The Morgan fingerprint density at radius 3 is 2.62 bits per heavy atom. The number of carboxylic acids is 1.